The molecule has 9 heteroatoms. The molecule has 0 fully saturated rings. The molecule has 0 aromatic heterocycles. The molecule has 184 valence electrons. The lowest BCUT2D eigenvalue weighted by atomic mass is 10.1. The zero-order chi connectivity index (χ0) is 25.5. The highest BCUT2D eigenvalue weighted by Crippen LogP contribution is 2.23. The molecule has 4 rings (SSSR count). The predicted octanol–water partition coefficient (Wildman–Crippen LogP) is 5.02. The van der Waals surface area contributed by atoms with Crippen LogP contribution in [0.3, 0.4) is 0 Å². The molecule has 0 unspecified atom stereocenters. The molecule has 0 bridgehead atoms. The summed E-state index contributed by atoms with van der Waals surface area (Å²) < 4.78 is 26.8. The average molecular weight is 503 g/mol. The number of sulfonamides is 1. The third-order valence-electron chi connectivity index (χ3n) is 5.56. The number of carbonyl (C=O) groups is 2. The highest BCUT2D eigenvalue weighted by Gasteiger charge is 2.19. The lowest BCUT2D eigenvalue weighted by Gasteiger charge is -2.11. The van der Waals surface area contributed by atoms with Crippen molar-refractivity contribution in [2.45, 2.75) is 18.2 Å². The van der Waals surface area contributed by atoms with Crippen LogP contribution in [-0.4, -0.2) is 27.0 Å². The quantitative estimate of drug-likeness (QED) is 0.284. The van der Waals surface area contributed by atoms with Gasteiger partial charge < -0.3 is 16.0 Å². The van der Waals surface area contributed by atoms with E-state index in [1.165, 1.54) is 6.07 Å². The molecule has 0 saturated carbocycles. The van der Waals surface area contributed by atoms with Crippen LogP contribution in [0.15, 0.2) is 95.9 Å². The van der Waals surface area contributed by atoms with Gasteiger partial charge in [-0.1, -0.05) is 66.7 Å². The van der Waals surface area contributed by atoms with E-state index in [1.807, 2.05) is 59.3 Å². The molecule has 4 amide bonds. The number of urea groups is 2. The molecule has 0 aliphatic rings. The van der Waals surface area contributed by atoms with Crippen molar-refractivity contribution in [1.29, 1.82) is 0 Å². The lowest BCUT2D eigenvalue weighted by Crippen LogP contribution is -2.40. The zero-order valence-electron chi connectivity index (χ0n) is 19.6. The maximum absolute atomic E-state index is 12.5. The van der Waals surface area contributed by atoms with Gasteiger partial charge in [-0.3, -0.25) is 0 Å². The van der Waals surface area contributed by atoms with Crippen LogP contribution in [0.25, 0.3) is 10.8 Å². The summed E-state index contributed by atoms with van der Waals surface area (Å²) in [6, 6.07) is 26.0. The Labute approximate surface area is 209 Å². The number of hydrogen-bond acceptors (Lipinski definition) is 4. The van der Waals surface area contributed by atoms with E-state index >= 15 is 0 Å². The van der Waals surface area contributed by atoms with Crippen molar-refractivity contribution in [3.8, 4) is 0 Å². The van der Waals surface area contributed by atoms with Crippen LogP contribution in [0.5, 0.6) is 0 Å². The molecule has 4 aromatic carbocycles. The van der Waals surface area contributed by atoms with Crippen LogP contribution < -0.4 is 20.7 Å². The fourth-order valence-corrected chi connectivity index (χ4v) is 4.94. The van der Waals surface area contributed by atoms with Crippen molar-refractivity contribution in [1.82, 2.24) is 10.0 Å². The minimum atomic E-state index is -3.95. The molecule has 36 heavy (non-hydrogen) atoms. The van der Waals surface area contributed by atoms with E-state index in [0.29, 0.717) is 17.7 Å². The topological polar surface area (TPSA) is 116 Å². The summed E-state index contributed by atoms with van der Waals surface area (Å²) in [7, 11) is -3.95. The van der Waals surface area contributed by atoms with Gasteiger partial charge in [0.05, 0.1) is 10.6 Å². The molecule has 0 heterocycles. The Hall–Kier alpha value is -4.37. The standard InChI is InChI=1S/C27H26N4O4S/c1-19-7-2-5-12-25(19)36(34,35)31-26(32)28-18-17-20-13-15-22(16-14-20)29-27(33)30-24-11-6-9-21-8-3-4-10-23(21)24/h2-16H,17-18H2,1H3,(H2,28,31,32)(H2,29,30,33). The van der Waals surface area contributed by atoms with Crippen LogP contribution in [-0.2, 0) is 16.4 Å². The maximum Gasteiger partial charge on any atom is 0.328 e. The van der Waals surface area contributed by atoms with E-state index in [4.69, 9.17) is 0 Å². The summed E-state index contributed by atoms with van der Waals surface area (Å²) in [4.78, 5) is 24.6. The van der Waals surface area contributed by atoms with E-state index in [-0.39, 0.29) is 17.5 Å². The molecular formula is C27H26N4O4S. The second kappa shape index (κ2) is 10.9. The van der Waals surface area contributed by atoms with Gasteiger partial charge in [-0.05, 0) is 54.1 Å². The Morgan fingerprint density at radius 1 is 0.750 bits per heavy atom. The van der Waals surface area contributed by atoms with Gasteiger partial charge >= 0.3 is 12.1 Å². The van der Waals surface area contributed by atoms with Crippen molar-refractivity contribution in [3.05, 3.63) is 102 Å². The van der Waals surface area contributed by atoms with Gasteiger partial charge in [0.25, 0.3) is 10.0 Å². The van der Waals surface area contributed by atoms with Crippen LogP contribution in [0, 0.1) is 6.92 Å². The Morgan fingerprint density at radius 2 is 1.44 bits per heavy atom. The second-order valence-electron chi connectivity index (χ2n) is 8.18. The summed E-state index contributed by atoms with van der Waals surface area (Å²) in [5.41, 5.74) is 2.80. The lowest BCUT2D eigenvalue weighted by molar-refractivity contribution is 0.246. The third-order valence-corrected chi connectivity index (χ3v) is 7.05. The Bertz CT molecular complexity index is 1500. The molecular weight excluding hydrogens is 476 g/mol. The van der Waals surface area contributed by atoms with Gasteiger partial charge in [-0.25, -0.2) is 22.7 Å². The fourth-order valence-electron chi connectivity index (χ4n) is 3.77. The maximum atomic E-state index is 12.5. The number of amides is 4. The summed E-state index contributed by atoms with van der Waals surface area (Å²) in [6.07, 6.45) is 0.486. The van der Waals surface area contributed by atoms with Crippen LogP contribution >= 0.6 is 0 Å². The summed E-state index contributed by atoms with van der Waals surface area (Å²) in [5, 5.41) is 10.2. The summed E-state index contributed by atoms with van der Waals surface area (Å²) in [6.45, 7) is 1.90. The molecule has 8 nitrogen and oxygen atoms in total. The van der Waals surface area contributed by atoms with E-state index < -0.39 is 16.1 Å². The number of nitrogens with one attached hydrogen (secondary N) is 4. The summed E-state index contributed by atoms with van der Waals surface area (Å²) >= 11 is 0. The molecule has 0 radical (unpaired) electrons. The zero-order valence-corrected chi connectivity index (χ0v) is 20.4. The van der Waals surface area contributed by atoms with Crippen molar-refractivity contribution in [3.63, 3.8) is 0 Å². The van der Waals surface area contributed by atoms with Crippen molar-refractivity contribution >= 4 is 44.2 Å². The normalized spacial score (nSPS) is 11.0. The molecule has 4 aromatic rings. The number of carbonyl (C=O) groups excluding carboxylic acids is 2. The fraction of sp³-hybridized carbons (Fsp3) is 0.111. The smallest absolute Gasteiger partial charge is 0.328 e. The van der Waals surface area contributed by atoms with Gasteiger partial charge in [0.15, 0.2) is 0 Å². The highest BCUT2D eigenvalue weighted by atomic mass is 32.2. The van der Waals surface area contributed by atoms with Crippen LogP contribution in [0.1, 0.15) is 11.1 Å². The molecule has 4 N–H and O–H groups in total. The first-order valence-electron chi connectivity index (χ1n) is 11.3. The highest BCUT2D eigenvalue weighted by molar-refractivity contribution is 7.90. The van der Waals surface area contributed by atoms with E-state index in [2.05, 4.69) is 16.0 Å². The largest absolute Gasteiger partial charge is 0.337 e. The van der Waals surface area contributed by atoms with Gasteiger partial charge in [0, 0.05) is 17.6 Å². The van der Waals surface area contributed by atoms with Crippen molar-refractivity contribution in [2.75, 3.05) is 17.2 Å². The van der Waals surface area contributed by atoms with Gasteiger partial charge in [0.1, 0.15) is 0 Å². The predicted molar refractivity (Wildman–Crippen MR) is 142 cm³/mol. The SMILES string of the molecule is Cc1ccccc1S(=O)(=O)NC(=O)NCCc1ccc(NC(=O)Nc2cccc3ccccc23)cc1. The van der Waals surface area contributed by atoms with E-state index in [9.17, 15) is 18.0 Å². The Balaban J connectivity index is 1.26. The molecule has 0 atom stereocenters. The number of hydrogen-bond donors (Lipinski definition) is 4. The van der Waals surface area contributed by atoms with Crippen LogP contribution in [0.2, 0.25) is 0 Å². The molecule has 0 saturated heterocycles. The first kappa shape index (κ1) is 24.7. The monoisotopic (exact) mass is 502 g/mol. The van der Waals surface area contributed by atoms with E-state index in [0.717, 1.165) is 22.0 Å². The first-order chi connectivity index (χ1) is 17.3. The van der Waals surface area contributed by atoms with Crippen molar-refractivity contribution < 1.29 is 18.0 Å². The molecule has 0 spiro atoms. The minimum absolute atomic E-state index is 0.0627. The Kier molecular flexibility index (Phi) is 7.50. The van der Waals surface area contributed by atoms with Crippen LogP contribution in [0.4, 0.5) is 21.0 Å². The van der Waals surface area contributed by atoms with E-state index in [1.54, 1.807) is 37.3 Å². The summed E-state index contributed by atoms with van der Waals surface area (Å²) in [5.74, 6) is 0. The minimum Gasteiger partial charge on any atom is -0.337 e. The Morgan fingerprint density at radius 3 is 2.22 bits per heavy atom. The van der Waals surface area contributed by atoms with Gasteiger partial charge in [-0.15, -0.1) is 0 Å². The number of aryl methyl sites for hydroxylation is 1. The second-order valence-corrected chi connectivity index (χ2v) is 9.83. The number of benzene rings is 4. The van der Waals surface area contributed by atoms with Gasteiger partial charge in [0.2, 0.25) is 0 Å². The average Bonchev–Trinajstić information content (AvgIpc) is 2.85. The number of fused-ring (bicyclic) bond motifs is 1. The molecule has 0 aliphatic carbocycles. The number of rotatable bonds is 7. The first-order valence-corrected chi connectivity index (χ1v) is 12.8. The number of anilines is 2. The van der Waals surface area contributed by atoms with Crippen molar-refractivity contribution in [2.24, 2.45) is 0 Å². The van der Waals surface area contributed by atoms with Gasteiger partial charge in [-0.2, -0.15) is 0 Å². The molecule has 0 aliphatic heterocycles. The third kappa shape index (κ3) is 6.19.